The van der Waals surface area contributed by atoms with Gasteiger partial charge >= 0.3 is 11.9 Å². The highest BCUT2D eigenvalue weighted by molar-refractivity contribution is 5.87. The second-order valence-electron chi connectivity index (χ2n) is 4.22. The molecule has 0 saturated heterocycles. The van der Waals surface area contributed by atoms with Gasteiger partial charge in [0, 0.05) is 24.7 Å². The minimum atomic E-state index is -1.21. The van der Waals surface area contributed by atoms with E-state index < -0.39 is 29.9 Å². The summed E-state index contributed by atoms with van der Waals surface area (Å²) in [5, 5.41) is 19.8. The fourth-order valence-corrected chi connectivity index (χ4v) is 1.51. The third-order valence-electron chi connectivity index (χ3n) is 2.60. The van der Waals surface area contributed by atoms with E-state index in [0.717, 1.165) is 0 Å². The quantitative estimate of drug-likeness (QED) is 0.397. The SMILES string of the molecule is NC(CCC(=O)O)C(=O)NC(Cc1cnc[nH]1)C(=O)O. The van der Waals surface area contributed by atoms with Crippen molar-refractivity contribution < 1.29 is 24.6 Å². The molecule has 6 N–H and O–H groups in total. The van der Waals surface area contributed by atoms with Crippen molar-refractivity contribution in [2.24, 2.45) is 5.73 Å². The molecule has 0 aliphatic rings. The van der Waals surface area contributed by atoms with Crippen LogP contribution in [0.4, 0.5) is 0 Å². The van der Waals surface area contributed by atoms with Crippen LogP contribution in [0.5, 0.6) is 0 Å². The highest BCUT2D eigenvalue weighted by Crippen LogP contribution is 2.01. The summed E-state index contributed by atoms with van der Waals surface area (Å²) in [6.07, 6.45) is 2.57. The number of nitrogens with one attached hydrogen (secondary N) is 2. The predicted molar refractivity (Wildman–Crippen MR) is 66.7 cm³/mol. The number of rotatable bonds is 8. The number of imidazole rings is 1. The maximum atomic E-state index is 11.7. The molecule has 0 aromatic carbocycles. The van der Waals surface area contributed by atoms with Crippen molar-refractivity contribution in [2.45, 2.75) is 31.3 Å². The molecule has 0 bridgehead atoms. The molecule has 1 rings (SSSR count). The van der Waals surface area contributed by atoms with E-state index in [0.29, 0.717) is 5.69 Å². The van der Waals surface area contributed by atoms with Crippen LogP contribution >= 0.6 is 0 Å². The van der Waals surface area contributed by atoms with Crippen molar-refractivity contribution in [3.05, 3.63) is 18.2 Å². The number of carboxylic acid groups (broad SMARTS) is 2. The van der Waals surface area contributed by atoms with E-state index in [-0.39, 0.29) is 19.3 Å². The molecule has 0 fully saturated rings. The summed E-state index contributed by atoms with van der Waals surface area (Å²) in [5.74, 6) is -2.97. The summed E-state index contributed by atoms with van der Waals surface area (Å²) < 4.78 is 0. The van der Waals surface area contributed by atoms with Crippen LogP contribution in [-0.2, 0) is 20.8 Å². The van der Waals surface area contributed by atoms with Crippen LogP contribution in [-0.4, -0.2) is 50.1 Å². The number of nitrogens with zero attached hydrogens (tertiary/aromatic N) is 1. The molecule has 0 aliphatic carbocycles. The Balaban J connectivity index is 2.54. The van der Waals surface area contributed by atoms with Crippen LogP contribution in [0.2, 0.25) is 0 Å². The average Bonchev–Trinajstić information content (AvgIpc) is 2.87. The number of carboxylic acids is 2. The molecule has 0 radical (unpaired) electrons. The summed E-state index contributed by atoms with van der Waals surface area (Å²) in [6, 6.07) is -2.21. The number of carbonyl (C=O) groups is 3. The topological polar surface area (TPSA) is 158 Å². The lowest BCUT2D eigenvalue weighted by Crippen LogP contribution is -2.49. The van der Waals surface area contributed by atoms with Crippen molar-refractivity contribution in [3.63, 3.8) is 0 Å². The maximum absolute atomic E-state index is 11.7. The van der Waals surface area contributed by atoms with E-state index in [2.05, 4.69) is 15.3 Å². The first-order chi connectivity index (χ1) is 9.40. The lowest BCUT2D eigenvalue weighted by atomic mass is 10.1. The summed E-state index contributed by atoms with van der Waals surface area (Å²) in [5.41, 5.74) is 6.05. The molecule has 110 valence electrons. The largest absolute Gasteiger partial charge is 0.481 e. The molecule has 1 heterocycles. The number of hydrogen-bond acceptors (Lipinski definition) is 5. The average molecular weight is 284 g/mol. The first-order valence-electron chi connectivity index (χ1n) is 5.88. The van der Waals surface area contributed by atoms with Crippen LogP contribution in [0.25, 0.3) is 0 Å². The van der Waals surface area contributed by atoms with E-state index >= 15 is 0 Å². The zero-order chi connectivity index (χ0) is 15.1. The number of carbonyl (C=O) groups excluding carboxylic acids is 1. The van der Waals surface area contributed by atoms with Gasteiger partial charge in [0.2, 0.25) is 5.91 Å². The van der Waals surface area contributed by atoms with Crippen molar-refractivity contribution in [1.82, 2.24) is 15.3 Å². The second-order valence-corrected chi connectivity index (χ2v) is 4.22. The van der Waals surface area contributed by atoms with E-state index in [4.69, 9.17) is 15.9 Å². The van der Waals surface area contributed by atoms with Crippen LogP contribution in [0.3, 0.4) is 0 Å². The Labute approximate surface area is 114 Å². The molecular formula is C11H16N4O5. The maximum Gasteiger partial charge on any atom is 0.326 e. The van der Waals surface area contributed by atoms with Gasteiger partial charge in [0.1, 0.15) is 6.04 Å². The molecule has 2 atom stereocenters. The molecule has 0 saturated carbocycles. The van der Waals surface area contributed by atoms with Crippen LogP contribution < -0.4 is 11.1 Å². The highest BCUT2D eigenvalue weighted by Gasteiger charge is 2.24. The molecule has 9 nitrogen and oxygen atoms in total. The second kappa shape index (κ2) is 7.24. The normalized spacial score (nSPS) is 13.4. The van der Waals surface area contributed by atoms with Crippen molar-refractivity contribution in [3.8, 4) is 0 Å². The van der Waals surface area contributed by atoms with E-state index in [1.54, 1.807) is 0 Å². The Bertz CT molecular complexity index is 473. The lowest BCUT2D eigenvalue weighted by molar-refractivity contribution is -0.142. The van der Waals surface area contributed by atoms with Gasteiger partial charge in [-0.25, -0.2) is 9.78 Å². The zero-order valence-electron chi connectivity index (χ0n) is 10.6. The van der Waals surface area contributed by atoms with Crippen LogP contribution in [0, 0.1) is 0 Å². The Morgan fingerprint density at radius 2 is 2.10 bits per heavy atom. The van der Waals surface area contributed by atoms with Crippen molar-refractivity contribution in [2.75, 3.05) is 0 Å². The van der Waals surface area contributed by atoms with Gasteiger partial charge in [-0.3, -0.25) is 9.59 Å². The fourth-order valence-electron chi connectivity index (χ4n) is 1.51. The number of H-pyrrole nitrogens is 1. The third-order valence-corrected chi connectivity index (χ3v) is 2.60. The first kappa shape index (κ1) is 15.6. The number of aliphatic carboxylic acids is 2. The lowest BCUT2D eigenvalue weighted by Gasteiger charge is -2.16. The van der Waals surface area contributed by atoms with Crippen LogP contribution in [0.15, 0.2) is 12.5 Å². The molecule has 1 aromatic rings. The van der Waals surface area contributed by atoms with Gasteiger partial charge < -0.3 is 26.2 Å². The van der Waals surface area contributed by atoms with Gasteiger partial charge in [-0.1, -0.05) is 0 Å². The van der Waals surface area contributed by atoms with Crippen molar-refractivity contribution >= 4 is 17.8 Å². The number of amides is 1. The van der Waals surface area contributed by atoms with Gasteiger partial charge in [0.15, 0.2) is 0 Å². The minimum absolute atomic E-state index is 0.0344. The number of aromatic amines is 1. The molecule has 0 spiro atoms. The summed E-state index contributed by atoms with van der Waals surface area (Å²) in [6.45, 7) is 0. The number of hydrogen-bond donors (Lipinski definition) is 5. The predicted octanol–water partition coefficient (Wildman–Crippen LogP) is -1.29. The van der Waals surface area contributed by atoms with E-state index in [1.165, 1.54) is 12.5 Å². The van der Waals surface area contributed by atoms with E-state index in [9.17, 15) is 14.4 Å². The number of nitrogens with two attached hydrogens (primary N) is 1. The molecule has 9 heteroatoms. The van der Waals surface area contributed by atoms with Gasteiger partial charge in [-0.15, -0.1) is 0 Å². The molecule has 2 unspecified atom stereocenters. The number of aromatic nitrogens is 2. The summed E-state index contributed by atoms with van der Waals surface area (Å²) in [4.78, 5) is 39.6. The van der Waals surface area contributed by atoms with E-state index in [1.807, 2.05) is 0 Å². The smallest absolute Gasteiger partial charge is 0.326 e. The van der Waals surface area contributed by atoms with Crippen molar-refractivity contribution in [1.29, 1.82) is 0 Å². The molecule has 1 aromatic heterocycles. The zero-order valence-corrected chi connectivity index (χ0v) is 10.6. The van der Waals surface area contributed by atoms with Gasteiger partial charge in [-0.05, 0) is 6.42 Å². The Morgan fingerprint density at radius 1 is 1.40 bits per heavy atom. The third kappa shape index (κ3) is 5.06. The monoisotopic (exact) mass is 284 g/mol. The van der Waals surface area contributed by atoms with Gasteiger partial charge in [0.05, 0.1) is 12.4 Å². The Kier molecular flexibility index (Phi) is 5.66. The summed E-state index contributed by atoms with van der Waals surface area (Å²) >= 11 is 0. The molecular weight excluding hydrogens is 268 g/mol. The summed E-state index contributed by atoms with van der Waals surface area (Å²) in [7, 11) is 0. The van der Waals surface area contributed by atoms with Crippen LogP contribution in [0.1, 0.15) is 18.5 Å². The first-order valence-corrected chi connectivity index (χ1v) is 5.88. The van der Waals surface area contributed by atoms with Gasteiger partial charge in [-0.2, -0.15) is 0 Å². The Hall–Kier alpha value is -2.42. The molecule has 0 aliphatic heterocycles. The fraction of sp³-hybridized carbons (Fsp3) is 0.455. The standard InChI is InChI=1S/C11H16N4O5/c12-7(1-2-9(16)17)10(18)15-8(11(19)20)3-6-4-13-5-14-6/h4-5,7-8H,1-3,12H2,(H,13,14)(H,15,18)(H,16,17)(H,19,20). The minimum Gasteiger partial charge on any atom is -0.481 e. The highest BCUT2D eigenvalue weighted by atomic mass is 16.4. The Morgan fingerprint density at radius 3 is 2.60 bits per heavy atom. The van der Waals surface area contributed by atoms with Gasteiger partial charge in [0.25, 0.3) is 0 Å². The molecule has 1 amide bonds. The molecule has 20 heavy (non-hydrogen) atoms.